The smallest absolute Gasteiger partial charge is 0.0504 e. The van der Waals surface area contributed by atoms with E-state index in [-0.39, 0.29) is 0 Å². The lowest BCUT2D eigenvalue weighted by Crippen LogP contribution is -2.03. The molecule has 0 atom stereocenters. The van der Waals surface area contributed by atoms with Gasteiger partial charge in [-0.25, -0.2) is 0 Å². The van der Waals surface area contributed by atoms with Gasteiger partial charge in [-0.2, -0.15) is 0 Å². The highest BCUT2D eigenvalue weighted by molar-refractivity contribution is 6.10. The van der Waals surface area contributed by atoms with Gasteiger partial charge in [0.2, 0.25) is 0 Å². The fraction of sp³-hybridized carbons (Fsp3) is 0.0909. The van der Waals surface area contributed by atoms with Crippen LogP contribution in [-0.4, -0.2) is 9.97 Å². The lowest BCUT2D eigenvalue weighted by atomic mass is 9.87. The molecule has 0 saturated carbocycles. The summed E-state index contributed by atoms with van der Waals surface area (Å²) in [7, 11) is 0. The highest BCUT2D eigenvalue weighted by Gasteiger charge is 2.23. The van der Waals surface area contributed by atoms with Crippen LogP contribution in [0.15, 0.2) is 60.7 Å². The van der Waals surface area contributed by atoms with Gasteiger partial charge in [-0.15, -0.1) is 0 Å². The van der Waals surface area contributed by atoms with Crippen molar-refractivity contribution >= 4 is 32.7 Å². The van der Waals surface area contributed by atoms with Gasteiger partial charge in [-0.3, -0.25) is 0 Å². The normalized spacial score (nSPS) is 13.5. The molecule has 24 heavy (non-hydrogen) atoms. The average molecular weight is 308 g/mol. The van der Waals surface area contributed by atoms with Crippen molar-refractivity contribution in [1.29, 1.82) is 0 Å². The van der Waals surface area contributed by atoms with Crippen LogP contribution in [0.1, 0.15) is 11.1 Å². The van der Waals surface area contributed by atoms with Crippen LogP contribution >= 0.6 is 0 Å². The predicted octanol–water partition coefficient (Wildman–Crippen LogP) is 5.57. The zero-order valence-corrected chi connectivity index (χ0v) is 13.2. The van der Waals surface area contributed by atoms with E-state index in [1.165, 1.54) is 55.1 Å². The van der Waals surface area contributed by atoms with Crippen LogP contribution in [0.3, 0.4) is 0 Å². The molecule has 3 aromatic carbocycles. The fourth-order valence-electron chi connectivity index (χ4n) is 4.41. The molecule has 0 radical (unpaired) electrons. The molecular formula is C22H16N2. The molecule has 2 aromatic heterocycles. The third kappa shape index (κ3) is 1.46. The van der Waals surface area contributed by atoms with E-state index in [2.05, 4.69) is 70.6 Å². The summed E-state index contributed by atoms with van der Waals surface area (Å²) in [5.41, 5.74) is 9.34. The molecule has 0 bridgehead atoms. The summed E-state index contributed by atoms with van der Waals surface area (Å²) < 4.78 is 0. The van der Waals surface area contributed by atoms with Crippen LogP contribution in [0.25, 0.3) is 44.0 Å². The lowest BCUT2D eigenvalue weighted by molar-refractivity contribution is 0.954. The molecule has 6 rings (SSSR count). The van der Waals surface area contributed by atoms with E-state index >= 15 is 0 Å². The van der Waals surface area contributed by atoms with E-state index in [9.17, 15) is 0 Å². The van der Waals surface area contributed by atoms with E-state index in [0.717, 1.165) is 12.8 Å². The first-order valence-corrected chi connectivity index (χ1v) is 8.52. The number of para-hydroxylation sites is 2. The average Bonchev–Trinajstić information content (AvgIpc) is 3.20. The molecule has 0 saturated heterocycles. The number of aryl methyl sites for hydroxylation is 2. The Kier molecular flexibility index (Phi) is 2.22. The van der Waals surface area contributed by atoms with Gasteiger partial charge in [0.15, 0.2) is 0 Å². The third-order valence-electron chi connectivity index (χ3n) is 5.50. The summed E-state index contributed by atoms with van der Waals surface area (Å²) in [6, 6.07) is 21.8. The molecule has 2 nitrogen and oxygen atoms in total. The Morgan fingerprint density at radius 2 is 1.29 bits per heavy atom. The molecule has 5 aromatic rings. The van der Waals surface area contributed by atoms with Gasteiger partial charge < -0.3 is 9.97 Å². The highest BCUT2D eigenvalue weighted by atomic mass is 14.7. The summed E-state index contributed by atoms with van der Waals surface area (Å²) >= 11 is 0. The molecule has 0 fully saturated rings. The molecule has 2 heteroatoms. The zero-order chi connectivity index (χ0) is 15.7. The van der Waals surface area contributed by atoms with Gasteiger partial charge in [0.25, 0.3) is 0 Å². The Labute approximate surface area is 139 Å². The molecule has 0 spiro atoms. The molecule has 1 aliphatic carbocycles. The Morgan fingerprint density at radius 1 is 0.583 bits per heavy atom. The topological polar surface area (TPSA) is 31.6 Å². The van der Waals surface area contributed by atoms with Crippen molar-refractivity contribution in [2.24, 2.45) is 0 Å². The second-order valence-corrected chi connectivity index (χ2v) is 6.71. The summed E-state index contributed by atoms with van der Waals surface area (Å²) in [5.74, 6) is 0. The third-order valence-corrected chi connectivity index (χ3v) is 5.50. The number of benzene rings is 3. The minimum absolute atomic E-state index is 1.09. The second-order valence-electron chi connectivity index (χ2n) is 6.71. The number of rotatable bonds is 0. The molecule has 0 aliphatic heterocycles. The molecular weight excluding hydrogens is 292 g/mol. The van der Waals surface area contributed by atoms with E-state index < -0.39 is 0 Å². The number of hydrogen-bond acceptors (Lipinski definition) is 0. The van der Waals surface area contributed by atoms with E-state index in [1.54, 1.807) is 0 Å². The van der Waals surface area contributed by atoms with Crippen LogP contribution in [0.5, 0.6) is 0 Å². The number of aromatic nitrogens is 2. The molecule has 0 unspecified atom stereocenters. The number of hydrogen-bond donors (Lipinski definition) is 2. The second kappa shape index (κ2) is 4.30. The monoisotopic (exact) mass is 308 g/mol. The van der Waals surface area contributed by atoms with Gasteiger partial charge >= 0.3 is 0 Å². The molecule has 1 aliphatic rings. The maximum atomic E-state index is 3.66. The number of nitrogens with one attached hydrogen (secondary N) is 2. The summed E-state index contributed by atoms with van der Waals surface area (Å²) in [5, 5.41) is 4.02. The van der Waals surface area contributed by atoms with Gasteiger partial charge in [0.05, 0.1) is 11.2 Å². The van der Waals surface area contributed by atoms with Crippen molar-refractivity contribution in [3.63, 3.8) is 0 Å². The molecule has 114 valence electrons. The first-order valence-electron chi connectivity index (χ1n) is 8.52. The van der Waals surface area contributed by atoms with Crippen molar-refractivity contribution in [3.8, 4) is 11.3 Å². The largest absolute Gasteiger partial charge is 0.354 e. The first kappa shape index (κ1) is 12.4. The van der Waals surface area contributed by atoms with Gasteiger partial charge in [-0.1, -0.05) is 48.5 Å². The van der Waals surface area contributed by atoms with Crippen LogP contribution in [0.4, 0.5) is 0 Å². The minimum Gasteiger partial charge on any atom is -0.354 e. The molecule has 2 heterocycles. The first-order chi connectivity index (χ1) is 11.9. The van der Waals surface area contributed by atoms with E-state index in [0.29, 0.717) is 0 Å². The van der Waals surface area contributed by atoms with Crippen molar-refractivity contribution in [2.75, 3.05) is 0 Å². The lowest BCUT2D eigenvalue weighted by Gasteiger charge is -2.17. The Hall–Kier alpha value is -3.00. The van der Waals surface area contributed by atoms with E-state index in [1.807, 2.05) is 0 Å². The zero-order valence-electron chi connectivity index (χ0n) is 13.2. The van der Waals surface area contributed by atoms with Crippen LogP contribution < -0.4 is 0 Å². The Bertz CT molecular complexity index is 1250. The summed E-state index contributed by atoms with van der Waals surface area (Å²) in [4.78, 5) is 7.31. The maximum Gasteiger partial charge on any atom is 0.0504 e. The highest BCUT2D eigenvalue weighted by Crippen LogP contribution is 2.41. The van der Waals surface area contributed by atoms with Crippen molar-refractivity contribution in [2.45, 2.75) is 12.8 Å². The molecule has 0 amide bonds. The molecule has 2 N–H and O–H groups in total. The number of H-pyrrole nitrogens is 2. The van der Waals surface area contributed by atoms with E-state index in [4.69, 9.17) is 0 Å². The minimum atomic E-state index is 1.09. The summed E-state index contributed by atoms with van der Waals surface area (Å²) in [6.07, 6.45) is 2.19. The number of fused-ring (bicyclic) bond motifs is 9. The van der Waals surface area contributed by atoms with Gasteiger partial charge in [0.1, 0.15) is 0 Å². The maximum absolute atomic E-state index is 3.66. The summed E-state index contributed by atoms with van der Waals surface area (Å²) in [6.45, 7) is 0. The van der Waals surface area contributed by atoms with Crippen molar-refractivity contribution in [1.82, 2.24) is 9.97 Å². The Balaban J connectivity index is 1.73. The van der Waals surface area contributed by atoms with Crippen molar-refractivity contribution in [3.05, 3.63) is 71.8 Å². The van der Waals surface area contributed by atoms with Crippen LogP contribution in [0.2, 0.25) is 0 Å². The van der Waals surface area contributed by atoms with Gasteiger partial charge in [-0.05, 0) is 36.1 Å². The standard InChI is InChI=1S/C22H16N2/c1-3-7-19-13(5-1)15-9-11-18-17(21(15)23-19)12-10-16-14-6-2-4-8-20(14)24-22(16)18/h1-9,11,23-24H,10,12H2. The SMILES string of the molecule is c1ccc2c3c([nH]c2c1)-c1ccc2c([nH]c4ccccc42)c1CC3. The Morgan fingerprint density at radius 3 is 2.17 bits per heavy atom. The van der Waals surface area contributed by atoms with Crippen LogP contribution in [-0.2, 0) is 12.8 Å². The predicted molar refractivity (Wildman–Crippen MR) is 101 cm³/mol. The fourth-order valence-corrected chi connectivity index (χ4v) is 4.41. The van der Waals surface area contributed by atoms with Gasteiger partial charge in [0, 0.05) is 32.8 Å². The van der Waals surface area contributed by atoms with Crippen molar-refractivity contribution < 1.29 is 0 Å². The quantitative estimate of drug-likeness (QED) is 0.375. The van der Waals surface area contributed by atoms with Crippen LogP contribution in [0, 0.1) is 0 Å². The number of aromatic amines is 2.